The predicted molar refractivity (Wildman–Crippen MR) is 106 cm³/mol. The normalized spacial score (nSPS) is 18.2. The Balaban J connectivity index is 1.78. The summed E-state index contributed by atoms with van der Waals surface area (Å²) in [5.74, 6) is 0.481. The van der Waals surface area contributed by atoms with E-state index in [0.717, 1.165) is 36.5 Å². The largest absolute Gasteiger partial charge is 0.488 e. The second-order valence-electron chi connectivity index (χ2n) is 7.13. The van der Waals surface area contributed by atoms with Gasteiger partial charge in [-0.1, -0.05) is 36.8 Å². The minimum atomic E-state index is -0.328. The van der Waals surface area contributed by atoms with Crippen LogP contribution in [0.3, 0.4) is 0 Å². The lowest BCUT2D eigenvalue weighted by Crippen LogP contribution is -2.29. The Morgan fingerprint density at radius 1 is 1.11 bits per heavy atom. The standard InChI is InChI=1S/C23H25NO3/c1-26-23(25)17-9-10-22-21(15-17)20(11-14-24-12-5-2-6-13-24)19-8-4-3-7-18(19)16-27-22/h3-4,7-11,15H,2,5-6,12-14,16H2,1H3/b20-11-. The van der Waals surface area contributed by atoms with Gasteiger partial charge in [-0.2, -0.15) is 0 Å². The summed E-state index contributed by atoms with van der Waals surface area (Å²) in [4.78, 5) is 14.5. The van der Waals surface area contributed by atoms with Crippen molar-refractivity contribution in [3.05, 3.63) is 70.8 Å². The van der Waals surface area contributed by atoms with Crippen molar-refractivity contribution >= 4 is 11.5 Å². The average Bonchev–Trinajstić information content (AvgIpc) is 2.88. The summed E-state index contributed by atoms with van der Waals surface area (Å²) in [6.07, 6.45) is 6.16. The molecule has 4 nitrogen and oxygen atoms in total. The summed E-state index contributed by atoms with van der Waals surface area (Å²) in [5.41, 5.74) is 4.98. The van der Waals surface area contributed by atoms with E-state index < -0.39 is 0 Å². The topological polar surface area (TPSA) is 38.8 Å². The highest BCUT2D eigenvalue weighted by Crippen LogP contribution is 2.37. The maximum absolute atomic E-state index is 12.1. The predicted octanol–water partition coefficient (Wildman–Crippen LogP) is 4.28. The number of likely N-dealkylation sites (tertiary alicyclic amines) is 1. The molecule has 2 aliphatic rings. The molecule has 0 saturated carbocycles. The van der Waals surface area contributed by atoms with E-state index in [4.69, 9.17) is 9.47 Å². The van der Waals surface area contributed by atoms with Crippen LogP contribution in [-0.4, -0.2) is 37.6 Å². The van der Waals surface area contributed by atoms with Crippen LogP contribution in [-0.2, 0) is 11.3 Å². The van der Waals surface area contributed by atoms with Crippen molar-refractivity contribution in [2.24, 2.45) is 0 Å². The monoisotopic (exact) mass is 363 g/mol. The van der Waals surface area contributed by atoms with Crippen LogP contribution in [0.5, 0.6) is 5.75 Å². The summed E-state index contributed by atoms with van der Waals surface area (Å²) in [7, 11) is 1.41. The molecule has 0 aromatic heterocycles. The number of nitrogens with zero attached hydrogens (tertiary/aromatic N) is 1. The number of carbonyl (C=O) groups is 1. The molecule has 1 fully saturated rings. The minimum Gasteiger partial charge on any atom is -0.488 e. The van der Waals surface area contributed by atoms with E-state index in [1.54, 1.807) is 6.07 Å². The van der Waals surface area contributed by atoms with E-state index in [-0.39, 0.29) is 5.97 Å². The second kappa shape index (κ2) is 7.97. The van der Waals surface area contributed by atoms with Crippen molar-refractivity contribution in [2.75, 3.05) is 26.7 Å². The van der Waals surface area contributed by atoms with Gasteiger partial charge in [0.2, 0.25) is 0 Å². The molecule has 0 unspecified atom stereocenters. The second-order valence-corrected chi connectivity index (χ2v) is 7.13. The fourth-order valence-corrected chi connectivity index (χ4v) is 3.90. The first-order valence-electron chi connectivity index (χ1n) is 9.62. The SMILES string of the molecule is COC(=O)c1ccc2c(c1)/C(=C\CN1CCCCC1)c1ccccc1CO2. The van der Waals surface area contributed by atoms with E-state index in [1.807, 2.05) is 18.2 Å². The molecule has 2 aromatic rings. The number of rotatable bonds is 3. The summed E-state index contributed by atoms with van der Waals surface area (Å²) in [6.45, 7) is 3.74. The zero-order chi connectivity index (χ0) is 18.6. The maximum atomic E-state index is 12.1. The molecule has 0 bridgehead atoms. The van der Waals surface area contributed by atoms with E-state index >= 15 is 0 Å². The van der Waals surface area contributed by atoms with Crippen LogP contribution in [0, 0.1) is 0 Å². The molecule has 2 aromatic carbocycles. The van der Waals surface area contributed by atoms with Crippen molar-refractivity contribution in [1.82, 2.24) is 4.90 Å². The number of hydrogen-bond acceptors (Lipinski definition) is 4. The summed E-state index contributed by atoms with van der Waals surface area (Å²) < 4.78 is 11.0. The summed E-state index contributed by atoms with van der Waals surface area (Å²) in [5, 5.41) is 0. The van der Waals surface area contributed by atoms with Crippen LogP contribution in [0.2, 0.25) is 0 Å². The van der Waals surface area contributed by atoms with Crippen molar-refractivity contribution in [2.45, 2.75) is 25.9 Å². The number of esters is 1. The van der Waals surface area contributed by atoms with Crippen LogP contribution in [0.4, 0.5) is 0 Å². The molecule has 27 heavy (non-hydrogen) atoms. The number of carbonyl (C=O) groups excluding carboxylic acids is 1. The zero-order valence-electron chi connectivity index (χ0n) is 15.7. The molecule has 0 atom stereocenters. The molecule has 4 heteroatoms. The van der Waals surface area contributed by atoms with Gasteiger partial charge in [0.1, 0.15) is 12.4 Å². The minimum absolute atomic E-state index is 0.328. The Morgan fingerprint density at radius 2 is 1.93 bits per heavy atom. The third-order valence-electron chi connectivity index (χ3n) is 5.38. The third kappa shape index (κ3) is 3.76. The van der Waals surface area contributed by atoms with Crippen molar-refractivity contribution in [3.8, 4) is 5.75 Å². The fraction of sp³-hybridized carbons (Fsp3) is 0.348. The van der Waals surface area contributed by atoms with E-state index in [9.17, 15) is 4.79 Å². The van der Waals surface area contributed by atoms with Crippen molar-refractivity contribution < 1.29 is 14.3 Å². The van der Waals surface area contributed by atoms with Crippen molar-refractivity contribution in [1.29, 1.82) is 0 Å². The van der Waals surface area contributed by atoms with Gasteiger partial charge in [0.15, 0.2) is 0 Å². The van der Waals surface area contributed by atoms with Gasteiger partial charge in [0, 0.05) is 12.1 Å². The van der Waals surface area contributed by atoms with Crippen LogP contribution < -0.4 is 4.74 Å². The molecule has 2 aliphatic heterocycles. The molecule has 0 spiro atoms. The maximum Gasteiger partial charge on any atom is 0.337 e. The average molecular weight is 363 g/mol. The Kier molecular flexibility index (Phi) is 5.26. The van der Waals surface area contributed by atoms with Gasteiger partial charge < -0.3 is 9.47 Å². The highest BCUT2D eigenvalue weighted by molar-refractivity contribution is 5.93. The molecule has 0 N–H and O–H groups in total. The Hall–Kier alpha value is -2.59. The van der Waals surface area contributed by atoms with Crippen LogP contribution in [0.15, 0.2) is 48.5 Å². The third-order valence-corrected chi connectivity index (χ3v) is 5.38. The molecule has 0 radical (unpaired) electrons. The number of benzene rings is 2. The summed E-state index contributed by atoms with van der Waals surface area (Å²) >= 11 is 0. The molecular formula is C23H25NO3. The number of methoxy groups -OCH3 is 1. The lowest BCUT2D eigenvalue weighted by atomic mass is 9.93. The smallest absolute Gasteiger partial charge is 0.337 e. The number of fused-ring (bicyclic) bond motifs is 2. The Bertz CT molecular complexity index is 866. The van der Waals surface area contributed by atoms with E-state index in [2.05, 4.69) is 29.2 Å². The lowest BCUT2D eigenvalue weighted by Gasteiger charge is -2.25. The quantitative estimate of drug-likeness (QED) is 0.763. The van der Waals surface area contributed by atoms with Gasteiger partial charge in [-0.05, 0) is 60.8 Å². The van der Waals surface area contributed by atoms with Gasteiger partial charge in [-0.25, -0.2) is 4.79 Å². The number of piperidine rings is 1. The van der Waals surface area contributed by atoms with Crippen LogP contribution >= 0.6 is 0 Å². The molecular weight excluding hydrogens is 338 g/mol. The molecule has 4 rings (SSSR count). The molecule has 0 amide bonds. The highest BCUT2D eigenvalue weighted by atomic mass is 16.5. The summed E-state index contributed by atoms with van der Waals surface area (Å²) in [6, 6.07) is 13.9. The fourth-order valence-electron chi connectivity index (χ4n) is 3.90. The first kappa shape index (κ1) is 17.8. The molecule has 0 aliphatic carbocycles. The van der Waals surface area contributed by atoms with Gasteiger partial charge in [0.25, 0.3) is 0 Å². The Morgan fingerprint density at radius 3 is 2.74 bits per heavy atom. The lowest BCUT2D eigenvalue weighted by molar-refractivity contribution is 0.0600. The number of ether oxygens (including phenoxy) is 2. The molecule has 1 saturated heterocycles. The Labute approximate surface area is 160 Å². The zero-order valence-corrected chi connectivity index (χ0v) is 15.7. The van der Waals surface area contributed by atoms with Gasteiger partial charge in [-0.3, -0.25) is 4.90 Å². The van der Waals surface area contributed by atoms with Crippen LogP contribution in [0.1, 0.15) is 46.3 Å². The number of hydrogen-bond donors (Lipinski definition) is 0. The van der Waals surface area contributed by atoms with E-state index in [1.165, 1.54) is 37.5 Å². The van der Waals surface area contributed by atoms with Crippen molar-refractivity contribution in [3.63, 3.8) is 0 Å². The molecule has 140 valence electrons. The highest BCUT2D eigenvalue weighted by Gasteiger charge is 2.21. The first-order valence-corrected chi connectivity index (χ1v) is 9.62. The van der Waals surface area contributed by atoms with Gasteiger partial charge in [0.05, 0.1) is 12.7 Å². The van der Waals surface area contributed by atoms with Crippen LogP contribution in [0.25, 0.3) is 5.57 Å². The molecule has 2 heterocycles. The van der Waals surface area contributed by atoms with Gasteiger partial charge in [-0.15, -0.1) is 0 Å². The first-order chi connectivity index (χ1) is 13.3. The van der Waals surface area contributed by atoms with E-state index in [0.29, 0.717) is 12.2 Å². The van der Waals surface area contributed by atoms with Gasteiger partial charge >= 0.3 is 5.97 Å².